The van der Waals surface area contributed by atoms with E-state index in [0.717, 1.165) is 5.56 Å². The normalized spacial score (nSPS) is 14.9. The van der Waals surface area contributed by atoms with E-state index < -0.39 is 11.9 Å². The number of para-hydroxylation sites is 1. The second-order valence-electron chi connectivity index (χ2n) is 7.65. The molecule has 0 aromatic heterocycles. The Morgan fingerprint density at radius 2 is 1.55 bits per heavy atom. The molecule has 0 spiro atoms. The summed E-state index contributed by atoms with van der Waals surface area (Å²) in [7, 11) is 2.06. The van der Waals surface area contributed by atoms with E-state index in [2.05, 4.69) is 49.7 Å². The zero-order valence-electron chi connectivity index (χ0n) is 16.8. The maximum atomic E-state index is 11.0. The minimum absolute atomic E-state index is 0.110. The van der Waals surface area contributed by atoms with Gasteiger partial charge in [-0.2, -0.15) is 4.58 Å². The van der Waals surface area contributed by atoms with E-state index in [1.807, 2.05) is 24.3 Å². The average Bonchev–Trinajstić information content (AvgIpc) is 2.86. The third-order valence-electron chi connectivity index (χ3n) is 5.28. The molecule has 29 heavy (non-hydrogen) atoms. The molecule has 2 N–H and O–H groups in total. The Labute approximate surface area is 170 Å². The highest BCUT2D eigenvalue weighted by molar-refractivity contribution is 6.05. The number of benzene rings is 2. The summed E-state index contributed by atoms with van der Waals surface area (Å²) in [5.41, 5.74) is 5.07. The van der Waals surface area contributed by atoms with Gasteiger partial charge >= 0.3 is 11.9 Å². The number of fused-ring (bicyclic) bond motifs is 1. The Balaban J connectivity index is 1.83. The van der Waals surface area contributed by atoms with Crippen LogP contribution in [0.1, 0.15) is 25.0 Å². The van der Waals surface area contributed by atoms with Crippen molar-refractivity contribution in [2.24, 2.45) is 0 Å². The molecule has 2 aromatic rings. The number of rotatable bonds is 7. The summed E-state index contributed by atoms with van der Waals surface area (Å²) in [6, 6.07) is 15.6. The lowest BCUT2D eigenvalue weighted by atomic mass is 9.81. The molecule has 0 unspecified atom stereocenters. The lowest BCUT2D eigenvalue weighted by molar-refractivity contribution is -0.401. The molecule has 6 heteroatoms. The standard InChI is InChI=1S/C23H24N2O4/c1-23(2)18-6-4-5-7-19(18)24(3)20(23)13-10-16-8-11-17(12-9-16)25(14-21(26)27)15-22(28)29/h4-13H,14-15H2,1-3H3,(H-,26,27,28,29)/p+1. The summed E-state index contributed by atoms with van der Waals surface area (Å²) in [5.74, 6) is -2.14. The van der Waals surface area contributed by atoms with Gasteiger partial charge in [-0.3, -0.25) is 9.59 Å². The minimum atomic E-state index is -1.07. The van der Waals surface area contributed by atoms with Gasteiger partial charge in [-0.1, -0.05) is 30.3 Å². The summed E-state index contributed by atoms with van der Waals surface area (Å²) in [6.45, 7) is 3.68. The fourth-order valence-corrected chi connectivity index (χ4v) is 3.84. The van der Waals surface area contributed by atoms with Crippen LogP contribution in [0.2, 0.25) is 0 Å². The minimum Gasteiger partial charge on any atom is -0.480 e. The van der Waals surface area contributed by atoms with Crippen LogP contribution in [0.3, 0.4) is 0 Å². The molecule has 2 aromatic carbocycles. The number of hydrogen-bond donors (Lipinski definition) is 2. The third-order valence-corrected chi connectivity index (χ3v) is 5.28. The highest BCUT2D eigenvalue weighted by atomic mass is 16.4. The van der Waals surface area contributed by atoms with E-state index in [1.54, 1.807) is 12.1 Å². The quantitative estimate of drug-likeness (QED) is 0.705. The van der Waals surface area contributed by atoms with Gasteiger partial charge in [0.25, 0.3) is 0 Å². The van der Waals surface area contributed by atoms with E-state index >= 15 is 0 Å². The average molecular weight is 393 g/mol. The molecule has 6 nitrogen and oxygen atoms in total. The van der Waals surface area contributed by atoms with Crippen molar-refractivity contribution in [3.63, 3.8) is 0 Å². The Bertz CT molecular complexity index is 988. The largest absolute Gasteiger partial charge is 0.480 e. The van der Waals surface area contributed by atoms with Crippen molar-refractivity contribution in [1.29, 1.82) is 0 Å². The number of allylic oxidation sites excluding steroid dienone is 1. The van der Waals surface area contributed by atoms with Gasteiger partial charge in [0.1, 0.15) is 20.1 Å². The molecule has 0 aliphatic carbocycles. The van der Waals surface area contributed by atoms with E-state index in [9.17, 15) is 9.59 Å². The Morgan fingerprint density at radius 1 is 0.966 bits per heavy atom. The van der Waals surface area contributed by atoms with Crippen LogP contribution in [0, 0.1) is 0 Å². The number of hydrogen-bond acceptors (Lipinski definition) is 3. The van der Waals surface area contributed by atoms with E-state index in [0.29, 0.717) is 5.69 Å². The molecule has 0 radical (unpaired) electrons. The van der Waals surface area contributed by atoms with Gasteiger partial charge in [0.05, 0.1) is 5.41 Å². The number of aliphatic carboxylic acids is 2. The number of carboxylic acids is 2. The van der Waals surface area contributed by atoms with Gasteiger partial charge in [-0.25, -0.2) is 0 Å². The summed E-state index contributed by atoms with van der Waals surface area (Å²) in [6.07, 6.45) is 4.11. The van der Waals surface area contributed by atoms with Gasteiger partial charge in [0, 0.05) is 23.4 Å². The SMILES string of the molecule is C[N+]1=C(C=Cc2ccc(N(CC(=O)O)CC(=O)O)cc2)C(C)(C)c2ccccc21. The lowest BCUT2D eigenvalue weighted by Gasteiger charge is -2.20. The van der Waals surface area contributed by atoms with Crippen molar-refractivity contribution < 1.29 is 24.4 Å². The molecule has 1 aliphatic heterocycles. The van der Waals surface area contributed by atoms with Gasteiger partial charge in [0.2, 0.25) is 5.69 Å². The van der Waals surface area contributed by atoms with Gasteiger partial charge in [-0.05, 0) is 37.6 Å². The number of anilines is 1. The van der Waals surface area contributed by atoms with Crippen LogP contribution >= 0.6 is 0 Å². The van der Waals surface area contributed by atoms with E-state index in [4.69, 9.17) is 10.2 Å². The third kappa shape index (κ3) is 4.21. The van der Waals surface area contributed by atoms with Crippen molar-refractivity contribution in [2.75, 3.05) is 25.0 Å². The Kier molecular flexibility index (Phi) is 5.55. The fraction of sp³-hybridized carbons (Fsp3) is 0.261. The van der Waals surface area contributed by atoms with Crippen LogP contribution in [0.25, 0.3) is 6.08 Å². The van der Waals surface area contributed by atoms with Gasteiger partial charge < -0.3 is 15.1 Å². The monoisotopic (exact) mass is 393 g/mol. The maximum Gasteiger partial charge on any atom is 0.323 e. The number of nitrogens with zero attached hydrogens (tertiary/aromatic N) is 2. The van der Waals surface area contributed by atoms with Crippen molar-refractivity contribution in [2.45, 2.75) is 19.3 Å². The summed E-state index contributed by atoms with van der Waals surface area (Å²) in [5, 5.41) is 18.0. The van der Waals surface area contributed by atoms with E-state index in [1.165, 1.54) is 21.9 Å². The number of carbonyl (C=O) groups is 2. The first-order valence-electron chi connectivity index (χ1n) is 9.37. The highest BCUT2D eigenvalue weighted by Gasteiger charge is 2.42. The van der Waals surface area contributed by atoms with Crippen LogP contribution in [0.15, 0.2) is 54.6 Å². The maximum absolute atomic E-state index is 11.0. The van der Waals surface area contributed by atoms with Crippen LogP contribution in [0.4, 0.5) is 11.4 Å². The van der Waals surface area contributed by atoms with Crippen molar-refractivity contribution in [1.82, 2.24) is 0 Å². The first-order valence-corrected chi connectivity index (χ1v) is 9.37. The molecule has 1 heterocycles. The molecular weight excluding hydrogens is 368 g/mol. The molecule has 0 saturated carbocycles. The first kappa shape index (κ1) is 20.3. The molecular formula is C23H25N2O4+. The molecule has 0 atom stereocenters. The van der Waals surface area contributed by atoms with Crippen molar-refractivity contribution >= 4 is 35.1 Å². The van der Waals surface area contributed by atoms with Crippen LogP contribution < -0.4 is 4.90 Å². The zero-order chi connectivity index (χ0) is 21.2. The van der Waals surface area contributed by atoms with Gasteiger partial charge in [0.15, 0.2) is 5.71 Å². The summed E-state index contributed by atoms with van der Waals surface area (Å²) >= 11 is 0. The first-order chi connectivity index (χ1) is 13.7. The summed E-state index contributed by atoms with van der Waals surface area (Å²) in [4.78, 5) is 23.3. The zero-order valence-corrected chi connectivity index (χ0v) is 16.8. The Morgan fingerprint density at radius 3 is 2.10 bits per heavy atom. The second kappa shape index (κ2) is 7.91. The predicted molar refractivity (Wildman–Crippen MR) is 113 cm³/mol. The fourth-order valence-electron chi connectivity index (χ4n) is 3.84. The van der Waals surface area contributed by atoms with Crippen LogP contribution in [0.5, 0.6) is 0 Å². The Hall–Kier alpha value is -3.41. The van der Waals surface area contributed by atoms with Crippen LogP contribution in [-0.4, -0.2) is 52.6 Å². The lowest BCUT2D eigenvalue weighted by Crippen LogP contribution is -2.34. The molecule has 0 saturated heterocycles. The molecule has 0 fully saturated rings. The molecule has 0 bridgehead atoms. The number of carboxylic acid groups (broad SMARTS) is 2. The second-order valence-corrected chi connectivity index (χ2v) is 7.65. The predicted octanol–water partition coefficient (Wildman–Crippen LogP) is 3.38. The summed E-state index contributed by atoms with van der Waals surface area (Å²) < 4.78 is 2.20. The van der Waals surface area contributed by atoms with Crippen molar-refractivity contribution in [3.8, 4) is 0 Å². The topological polar surface area (TPSA) is 80.8 Å². The highest BCUT2D eigenvalue weighted by Crippen LogP contribution is 2.39. The molecule has 0 amide bonds. The van der Waals surface area contributed by atoms with Crippen LogP contribution in [-0.2, 0) is 15.0 Å². The smallest absolute Gasteiger partial charge is 0.323 e. The van der Waals surface area contributed by atoms with Crippen molar-refractivity contribution in [3.05, 3.63) is 65.7 Å². The molecule has 3 rings (SSSR count). The van der Waals surface area contributed by atoms with E-state index in [-0.39, 0.29) is 18.5 Å². The molecule has 150 valence electrons. The molecule has 1 aliphatic rings. The van der Waals surface area contributed by atoms with Gasteiger partial charge in [-0.15, -0.1) is 0 Å².